The minimum absolute atomic E-state index is 0.325. The highest BCUT2D eigenvalue weighted by Crippen LogP contribution is 2.22. The molecule has 0 aliphatic carbocycles. The maximum Gasteiger partial charge on any atom is 0.191 e. The van der Waals surface area contributed by atoms with Crippen molar-refractivity contribution in [3.8, 4) is 0 Å². The molecule has 3 heteroatoms. The lowest BCUT2D eigenvalue weighted by Gasteiger charge is -2.08. The fourth-order valence-corrected chi connectivity index (χ4v) is 1.38. The third kappa shape index (κ3) is 1.67. The molecule has 1 rings (SSSR count). The van der Waals surface area contributed by atoms with Crippen molar-refractivity contribution < 1.29 is 4.42 Å². The first-order valence-electron chi connectivity index (χ1n) is 4.33. The largest absolute Gasteiger partial charge is 0.445 e. The summed E-state index contributed by atoms with van der Waals surface area (Å²) in [5, 5.41) is 0. The zero-order valence-corrected chi connectivity index (χ0v) is 7.92. The molecule has 0 bridgehead atoms. The van der Waals surface area contributed by atoms with E-state index in [1.165, 1.54) is 0 Å². The van der Waals surface area contributed by atoms with Crippen molar-refractivity contribution in [1.82, 2.24) is 4.98 Å². The Morgan fingerprint density at radius 3 is 2.50 bits per heavy atom. The van der Waals surface area contributed by atoms with Crippen LogP contribution in [0.4, 0.5) is 0 Å². The summed E-state index contributed by atoms with van der Waals surface area (Å²) in [5.74, 6) is 2.01. The van der Waals surface area contributed by atoms with E-state index in [1.54, 1.807) is 0 Å². The molecule has 1 atom stereocenters. The molecule has 0 aliphatic rings. The highest BCUT2D eigenvalue weighted by atomic mass is 16.4. The van der Waals surface area contributed by atoms with Gasteiger partial charge in [-0.1, -0.05) is 6.92 Å². The number of rotatable bonds is 3. The van der Waals surface area contributed by atoms with Crippen molar-refractivity contribution in [3.63, 3.8) is 0 Å². The molecule has 1 unspecified atom stereocenters. The summed E-state index contributed by atoms with van der Waals surface area (Å²) < 4.78 is 5.47. The van der Waals surface area contributed by atoms with Gasteiger partial charge in [-0.25, -0.2) is 4.98 Å². The molecule has 0 saturated carbocycles. The van der Waals surface area contributed by atoms with E-state index in [1.807, 2.05) is 13.8 Å². The van der Waals surface area contributed by atoms with Gasteiger partial charge in [0.15, 0.2) is 5.89 Å². The van der Waals surface area contributed by atoms with Crippen LogP contribution in [0.3, 0.4) is 0 Å². The van der Waals surface area contributed by atoms with Crippen LogP contribution in [0, 0.1) is 13.8 Å². The van der Waals surface area contributed by atoms with Gasteiger partial charge in [-0.05, 0) is 13.3 Å². The first kappa shape index (κ1) is 9.26. The van der Waals surface area contributed by atoms with Gasteiger partial charge in [-0.15, -0.1) is 0 Å². The monoisotopic (exact) mass is 168 g/mol. The van der Waals surface area contributed by atoms with E-state index in [0.29, 0.717) is 12.5 Å². The van der Waals surface area contributed by atoms with Gasteiger partial charge in [0.2, 0.25) is 0 Å². The molecule has 1 aromatic heterocycles. The molecule has 0 radical (unpaired) electrons. The summed E-state index contributed by atoms with van der Waals surface area (Å²) in [5.41, 5.74) is 6.58. The Labute approximate surface area is 73.0 Å². The Hall–Kier alpha value is -0.830. The van der Waals surface area contributed by atoms with Crippen LogP contribution in [0.5, 0.6) is 0 Å². The minimum atomic E-state index is 0.325. The van der Waals surface area contributed by atoms with Crippen LogP contribution in [0.1, 0.15) is 36.6 Å². The lowest BCUT2D eigenvalue weighted by Crippen LogP contribution is -2.11. The predicted molar refractivity (Wildman–Crippen MR) is 48.1 cm³/mol. The third-order valence-electron chi connectivity index (χ3n) is 2.09. The number of hydrogen-bond donors (Lipinski definition) is 1. The van der Waals surface area contributed by atoms with Crippen LogP contribution in [0.2, 0.25) is 0 Å². The standard InChI is InChI=1S/C9H16N2O/c1-4-8(5-10)9-6(2)11-7(3)12-9/h8H,4-5,10H2,1-3H3. The van der Waals surface area contributed by atoms with Crippen LogP contribution in [0.15, 0.2) is 4.42 Å². The van der Waals surface area contributed by atoms with Crippen molar-refractivity contribution in [2.24, 2.45) is 5.73 Å². The average Bonchev–Trinajstić information content (AvgIpc) is 2.34. The van der Waals surface area contributed by atoms with E-state index in [0.717, 1.165) is 23.8 Å². The normalized spacial score (nSPS) is 13.3. The van der Waals surface area contributed by atoms with Crippen LogP contribution >= 0.6 is 0 Å². The molecule has 0 aromatic carbocycles. The lowest BCUT2D eigenvalue weighted by atomic mass is 10.0. The zero-order chi connectivity index (χ0) is 9.14. The Balaban J connectivity index is 2.91. The lowest BCUT2D eigenvalue weighted by molar-refractivity contribution is 0.432. The molecule has 0 fully saturated rings. The van der Waals surface area contributed by atoms with Gasteiger partial charge in [0.25, 0.3) is 0 Å². The van der Waals surface area contributed by atoms with Crippen LogP contribution < -0.4 is 5.73 Å². The summed E-state index contributed by atoms with van der Waals surface area (Å²) in [6, 6.07) is 0. The van der Waals surface area contributed by atoms with Gasteiger partial charge in [-0.3, -0.25) is 0 Å². The molecular weight excluding hydrogens is 152 g/mol. The summed E-state index contributed by atoms with van der Waals surface area (Å²) in [7, 11) is 0. The smallest absolute Gasteiger partial charge is 0.191 e. The summed E-state index contributed by atoms with van der Waals surface area (Å²) in [6.45, 7) is 6.56. The average molecular weight is 168 g/mol. The molecule has 0 saturated heterocycles. The van der Waals surface area contributed by atoms with Crippen LogP contribution in [-0.4, -0.2) is 11.5 Å². The molecule has 68 valence electrons. The van der Waals surface area contributed by atoms with Crippen molar-refractivity contribution >= 4 is 0 Å². The highest BCUT2D eigenvalue weighted by molar-refractivity contribution is 5.12. The fraction of sp³-hybridized carbons (Fsp3) is 0.667. The third-order valence-corrected chi connectivity index (χ3v) is 2.09. The van der Waals surface area contributed by atoms with Crippen LogP contribution in [0.25, 0.3) is 0 Å². The Bertz CT molecular complexity index is 251. The maximum atomic E-state index is 5.61. The Kier molecular flexibility index (Phi) is 2.87. The minimum Gasteiger partial charge on any atom is -0.445 e. The fourth-order valence-electron chi connectivity index (χ4n) is 1.38. The summed E-state index contributed by atoms with van der Waals surface area (Å²) >= 11 is 0. The van der Waals surface area contributed by atoms with E-state index in [4.69, 9.17) is 10.2 Å². The number of nitrogens with two attached hydrogens (primary N) is 1. The molecule has 0 aliphatic heterocycles. The zero-order valence-electron chi connectivity index (χ0n) is 7.92. The van der Waals surface area contributed by atoms with Crippen molar-refractivity contribution in [2.45, 2.75) is 33.1 Å². The quantitative estimate of drug-likeness (QED) is 0.748. The van der Waals surface area contributed by atoms with E-state index in [-0.39, 0.29) is 0 Å². The van der Waals surface area contributed by atoms with E-state index < -0.39 is 0 Å². The second kappa shape index (κ2) is 3.72. The Morgan fingerprint density at radius 2 is 2.17 bits per heavy atom. The SMILES string of the molecule is CCC(CN)c1oc(C)nc1C. The molecule has 1 heterocycles. The molecule has 2 N–H and O–H groups in total. The molecule has 0 spiro atoms. The number of hydrogen-bond acceptors (Lipinski definition) is 3. The number of aryl methyl sites for hydroxylation is 2. The second-order valence-electron chi connectivity index (χ2n) is 3.02. The highest BCUT2D eigenvalue weighted by Gasteiger charge is 2.15. The van der Waals surface area contributed by atoms with E-state index in [9.17, 15) is 0 Å². The molecule has 12 heavy (non-hydrogen) atoms. The topological polar surface area (TPSA) is 52.0 Å². The molecule has 1 aromatic rings. The summed E-state index contributed by atoms with van der Waals surface area (Å²) in [4.78, 5) is 4.21. The van der Waals surface area contributed by atoms with Gasteiger partial charge in [-0.2, -0.15) is 0 Å². The van der Waals surface area contributed by atoms with Gasteiger partial charge in [0.1, 0.15) is 5.76 Å². The van der Waals surface area contributed by atoms with E-state index >= 15 is 0 Å². The Morgan fingerprint density at radius 1 is 1.50 bits per heavy atom. The molecule has 0 amide bonds. The predicted octanol–water partition coefficient (Wildman–Crippen LogP) is 1.74. The number of aromatic nitrogens is 1. The van der Waals surface area contributed by atoms with Crippen LogP contribution in [-0.2, 0) is 0 Å². The maximum absolute atomic E-state index is 5.61. The second-order valence-corrected chi connectivity index (χ2v) is 3.02. The van der Waals surface area contributed by atoms with Crippen molar-refractivity contribution in [3.05, 3.63) is 17.3 Å². The van der Waals surface area contributed by atoms with E-state index in [2.05, 4.69) is 11.9 Å². The number of oxazole rings is 1. The number of nitrogens with zero attached hydrogens (tertiary/aromatic N) is 1. The van der Waals surface area contributed by atoms with Gasteiger partial charge >= 0.3 is 0 Å². The van der Waals surface area contributed by atoms with Gasteiger partial charge in [0, 0.05) is 19.4 Å². The molecular formula is C9H16N2O. The first-order chi connectivity index (χ1) is 5.69. The van der Waals surface area contributed by atoms with Crippen molar-refractivity contribution in [2.75, 3.05) is 6.54 Å². The van der Waals surface area contributed by atoms with Gasteiger partial charge in [0.05, 0.1) is 5.69 Å². The van der Waals surface area contributed by atoms with Crippen molar-refractivity contribution in [1.29, 1.82) is 0 Å². The van der Waals surface area contributed by atoms with Gasteiger partial charge < -0.3 is 10.2 Å². The molecule has 3 nitrogen and oxygen atoms in total. The first-order valence-corrected chi connectivity index (χ1v) is 4.33. The summed E-state index contributed by atoms with van der Waals surface area (Å²) in [6.07, 6.45) is 1.01.